The Bertz CT molecular complexity index is 255. The molecule has 16 heavy (non-hydrogen) atoms. The van der Waals surface area contributed by atoms with Gasteiger partial charge in [-0.3, -0.25) is 9.59 Å². The molecule has 0 fully saturated rings. The summed E-state index contributed by atoms with van der Waals surface area (Å²) in [5, 5.41) is 8.52. The minimum atomic E-state index is -0.872. The average Bonchev–Trinajstić information content (AvgIpc) is 2.12. The summed E-state index contributed by atoms with van der Waals surface area (Å²) in [6.45, 7) is 8.63. The maximum absolute atomic E-state index is 11.7. The molecule has 0 saturated heterocycles. The summed E-state index contributed by atoms with van der Waals surface area (Å²) >= 11 is 0. The molecule has 0 bridgehead atoms. The van der Waals surface area contributed by atoms with E-state index in [1.54, 1.807) is 7.05 Å². The fraction of sp³-hybridized carbons (Fsp3) is 0.833. The zero-order chi connectivity index (χ0) is 12.9. The third kappa shape index (κ3) is 5.73. The summed E-state index contributed by atoms with van der Waals surface area (Å²) < 4.78 is 0. The van der Waals surface area contributed by atoms with E-state index in [2.05, 4.69) is 20.8 Å². The molecule has 0 spiro atoms. The van der Waals surface area contributed by atoms with E-state index >= 15 is 0 Å². The van der Waals surface area contributed by atoms with Gasteiger partial charge in [-0.2, -0.15) is 0 Å². The molecule has 1 unspecified atom stereocenters. The van der Waals surface area contributed by atoms with Crippen molar-refractivity contribution in [2.75, 3.05) is 13.6 Å². The molecule has 94 valence electrons. The van der Waals surface area contributed by atoms with Gasteiger partial charge in [0.2, 0.25) is 5.91 Å². The maximum atomic E-state index is 11.7. The number of rotatable bonds is 5. The Hall–Kier alpha value is -1.06. The second-order valence-corrected chi connectivity index (χ2v) is 5.43. The van der Waals surface area contributed by atoms with Crippen LogP contribution < -0.4 is 0 Å². The summed E-state index contributed by atoms with van der Waals surface area (Å²) in [5.41, 5.74) is 0.100. The lowest BCUT2D eigenvalue weighted by Gasteiger charge is -2.28. The monoisotopic (exact) mass is 229 g/mol. The predicted molar refractivity (Wildman–Crippen MR) is 63.1 cm³/mol. The average molecular weight is 229 g/mol. The molecule has 0 saturated carbocycles. The largest absolute Gasteiger partial charge is 0.481 e. The minimum Gasteiger partial charge on any atom is -0.481 e. The lowest BCUT2D eigenvalue weighted by atomic mass is 9.80. The van der Waals surface area contributed by atoms with Crippen LogP contribution in [0.1, 0.15) is 40.5 Å². The molecule has 0 aliphatic carbocycles. The number of carbonyl (C=O) groups excluding carboxylic acids is 1. The van der Waals surface area contributed by atoms with Crippen LogP contribution >= 0.6 is 0 Å². The summed E-state index contributed by atoms with van der Waals surface area (Å²) in [6, 6.07) is 0. The second-order valence-electron chi connectivity index (χ2n) is 5.43. The van der Waals surface area contributed by atoms with Gasteiger partial charge in [0.1, 0.15) is 0 Å². The van der Waals surface area contributed by atoms with E-state index in [1.165, 1.54) is 4.90 Å². The van der Waals surface area contributed by atoms with Crippen molar-refractivity contribution in [3.8, 4) is 0 Å². The van der Waals surface area contributed by atoms with E-state index in [-0.39, 0.29) is 30.2 Å². The van der Waals surface area contributed by atoms with Gasteiger partial charge in [-0.1, -0.05) is 27.7 Å². The molecule has 1 N–H and O–H groups in total. The fourth-order valence-electron chi connectivity index (χ4n) is 1.11. The van der Waals surface area contributed by atoms with Gasteiger partial charge in [-0.05, 0) is 11.3 Å². The Kier molecular flexibility index (Phi) is 5.48. The molecule has 0 aromatic carbocycles. The maximum Gasteiger partial charge on any atom is 0.305 e. The van der Waals surface area contributed by atoms with Gasteiger partial charge in [-0.25, -0.2) is 0 Å². The van der Waals surface area contributed by atoms with Gasteiger partial charge in [0.05, 0.1) is 6.42 Å². The fourth-order valence-corrected chi connectivity index (χ4v) is 1.11. The number of carboxylic acid groups (broad SMARTS) is 1. The van der Waals surface area contributed by atoms with Gasteiger partial charge >= 0.3 is 5.97 Å². The van der Waals surface area contributed by atoms with Crippen LogP contribution in [-0.4, -0.2) is 35.5 Å². The zero-order valence-electron chi connectivity index (χ0n) is 10.9. The zero-order valence-corrected chi connectivity index (χ0v) is 10.9. The number of nitrogens with zero attached hydrogens (tertiary/aromatic N) is 1. The molecule has 4 nitrogen and oxygen atoms in total. The molecule has 0 aromatic rings. The third-order valence-electron chi connectivity index (χ3n) is 3.05. The lowest BCUT2D eigenvalue weighted by molar-refractivity contribution is -0.138. The van der Waals surface area contributed by atoms with Crippen molar-refractivity contribution in [1.82, 2.24) is 4.90 Å². The van der Waals surface area contributed by atoms with Crippen molar-refractivity contribution in [3.05, 3.63) is 0 Å². The van der Waals surface area contributed by atoms with Crippen LogP contribution in [0.3, 0.4) is 0 Å². The molecule has 0 rings (SSSR count). The number of aliphatic carboxylic acids is 1. The first-order valence-electron chi connectivity index (χ1n) is 5.60. The molecule has 0 radical (unpaired) electrons. The molecule has 4 heteroatoms. The number of carbonyl (C=O) groups is 2. The molecule has 0 aliphatic heterocycles. The number of hydrogen-bond donors (Lipinski definition) is 1. The quantitative estimate of drug-likeness (QED) is 0.784. The summed E-state index contributed by atoms with van der Waals surface area (Å²) in [5.74, 6) is -0.570. The second kappa shape index (κ2) is 5.87. The summed E-state index contributed by atoms with van der Waals surface area (Å²) in [6.07, 6.45) is 0.478. The van der Waals surface area contributed by atoms with Gasteiger partial charge in [0, 0.05) is 20.0 Å². The third-order valence-corrected chi connectivity index (χ3v) is 3.05. The Morgan fingerprint density at radius 1 is 1.31 bits per heavy atom. The number of amides is 1. The van der Waals surface area contributed by atoms with Crippen LogP contribution in [0.15, 0.2) is 0 Å². The van der Waals surface area contributed by atoms with E-state index in [1.807, 2.05) is 6.92 Å². The van der Waals surface area contributed by atoms with Gasteiger partial charge in [-0.15, -0.1) is 0 Å². The molecule has 0 aliphatic rings. The number of hydrogen-bond acceptors (Lipinski definition) is 2. The van der Waals surface area contributed by atoms with E-state index in [9.17, 15) is 9.59 Å². The van der Waals surface area contributed by atoms with E-state index in [0.717, 1.165) is 0 Å². The topological polar surface area (TPSA) is 57.6 Å². The summed E-state index contributed by atoms with van der Waals surface area (Å²) in [7, 11) is 1.65. The Balaban J connectivity index is 4.10. The standard InChI is InChI=1S/C12H23NO3/c1-9(12(2,3)4)8-10(14)13(5)7-6-11(15)16/h9H,6-8H2,1-5H3,(H,15,16). The van der Waals surface area contributed by atoms with Crippen LogP contribution in [0.5, 0.6) is 0 Å². The molecule has 0 heterocycles. The first-order chi connectivity index (χ1) is 7.14. The summed E-state index contributed by atoms with van der Waals surface area (Å²) in [4.78, 5) is 23.6. The highest BCUT2D eigenvalue weighted by Gasteiger charge is 2.23. The van der Waals surface area contributed by atoms with E-state index < -0.39 is 5.97 Å². The molecule has 0 aromatic heterocycles. The van der Waals surface area contributed by atoms with Crippen molar-refractivity contribution in [1.29, 1.82) is 0 Å². The first kappa shape index (κ1) is 14.9. The smallest absolute Gasteiger partial charge is 0.305 e. The van der Waals surface area contributed by atoms with Crippen molar-refractivity contribution < 1.29 is 14.7 Å². The highest BCUT2D eigenvalue weighted by molar-refractivity contribution is 5.77. The van der Waals surface area contributed by atoms with Gasteiger partial charge in [0.15, 0.2) is 0 Å². The van der Waals surface area contributed by atoms with Crippen LogP contribution in [0, 0.1) is 11.3 Å². The molecular formula is C12H23NO3. The van der Waals surface area contributed by atoms with Crippen molar-refractivity contribution in [2.24, 2.45) is 11.3 Å². The highest BCUT2D eigenvalue weighted by Crippen LogP contribution is 2.28. The predicted octanol–water partition coefficient (Wildman–Crippen LogP) is 1.99. The van der Waals surface area contributed by atoms with Crippen LogP contribution in [0.4, 0.5) is 0 Å². The van der Waals surface area contributed by atoms with Crippen molar-refractivity contribution in [2.45, 2.75) is 40.5 Å². The number of carboxylic acids is 1. The minimum absolute atomic E-state index is 0.00609. The van der Waals surface area contributed by atoms with Gasteiger partial charge in [0.25, 0.3) is 0 Å². The SMILES string of the molecule is CC(CC(=O)N(C)CCC(=O)O)C(C)(C)C. The Labute approximate surface area is 97.6 Å². The Morgan fingerprint density at radius 3 is 2.19 bits per heavy atom. The van der Waals surface area contributed by atoms with Crippen LogP contribution in [0.2, 0.25) is 0 Å². The molecular weight excluding hydrogens is 206 g/mol. The van der Waals surface area contributed by atoms with Crippen LogP contribution in [0.25, 0.3) is 0 Å². The van der Waals surface area contributed by atoms with Crippen molar-refractivity contribution in [3.63, 3.8) is 0 Å². The highest BCUT2D eigenvalue weighted by atomic mass is 16.4. The molecule has 1 atom stereocenters. The van der Waals surface area contributed by atoms with E-state index in [4.69, 9.17) is 5.11 Å². The van der Waals surface area contributed by atoms with E-state index in [0.29, 0.717) is 6.42 Å². The van der Waals surface area contributed by atoms with Gasteiger partial charge < -0.3 is 10.0 Å². The van der Waals surface area contributed by atoms with Crippen LogP contribution in [-0.2, 0) is 9.59 Å². The normalized spacial score (nSPS) is 13.3. The lowest BCUT2D eigenvalue weighted by Crippen LogP contribution is -2.32. The molecule has 1 amide bonds. The van der Waals surface area contributed by atoms with Crippen molar-refractivity contribution >= 4 is 11.9 Å². The first-order valence-corrected chi connectivity index (χ1v) is 5.60. The Morgan fingerprint density at radius 2 is 1.81 bits per heavy atom.